The van der Waals surface area contributed by atoms with Crippen molar-refractivity contribution >= 4 is 0 Å². The third-order valence-corrected chi connectivity index (χ3v) is 3.16. The number of alkyl halides is 1. The van der Waals surface area contributed by atoms with Crippen LogP contribution in [0.5, 0.6) is 0 Å². The predicted molar refractivity (Wildman–Crippen MR) is 60.7 cm³/mol. The third-order valence-electron chi connectivity index (χ3n) is 3.16. The maximum atomic E-state index is 12.4. The zero-order valence-electron chi connectivity index (χ0n) is 9.69. The smallest absolute Gasteiger partial charge is 0.0923 e. The van der Waals surface area contributed by atoms with Gasteiger partial charge in [-0.05, 0) is 50.9 Å². The first-order valence-electron chi connectivity index (χ1n) is 5.85. The Balaban J connectivity index is 1.84. The lowest BCUT2D eigenvalue weighted by atomic mass is 9.98. The number of hydrogen-bond donors (Lipinski definition) is 0. The number of likely N-dealkylation sites (tertiary alicyclic amines) is 1. The van der Waals surface area contributed by atoms with Crippen LogP contribution in [0.3, 0.4) is 0 Å². The van der Waals surface area contributed by atoms with Crippen molar-refractivity contribution in [3.63, 3.8) is 0 Å². The second kappa shape index (κ2) is 5.34. The Morgan fingerprint density at radius 2 is 2.06 bits per heavy atom. The summed E-state index contributed by atoms with van der Waals surface area (Å²) in [5.74, 6) is 0.278. The molecule has 0 spiro atoms. The van der Waals surface area contributed by atoms with E-state index >= 15 is 0 Å². The predicted octanol–water partition coefficient (Wildman–Crippen LogP) is 1.97. The van der Waals surface area contributed by atoms with Crippen molar-refractivity contribution in [1.82, 2.24) is 15.1 Å². The summed E-state index contributed by atoms with van der Waals surface area (Å²) in [7, 11) is 0. The molecule has 4 heteroatoms. The first kappa shape index (κ1) is 11.5. The lowest BCUT2D eigenvalue weighted by Gasteiger charge is -2.30. The second-order valence-electron chi connectivity index (χ2n) is 4.54. The van der Waals surface area contributed by atoms with E-state index in [0.29, 0.717) is 0 Å². The molecule has 0 radical (unpaired) electrons. The van der Waals surface area contributed by atoms with E-state index in [-0.39, 0.29) is 12.6 Å². The van der Waals surface area contributed by atoms with Crippen molar-refractivity contribution in [1.29, 1.82) is 0 Å². The highest BCUT2D eigenvalue weighted by Crippen LogP contribution is 2.18. The van der Waals surface area contributed by atoms with Crippen molar-refractivity contribution in [3.05, 3.63) is 23.5 Å². The molecule has 0 atom stereocenters. The molecular formula is C12H18FN3. The molecule has 16 heavy (non-hydrogen) atoms. The summed E-state index contributed by atoms with van der Waals surface area (Å²) in [6, 6.07) is 4.00. The van der Waals surface area contributed by atoms with Crippen LogP contribution in [0.15, 0.2) is 12.1 Å². The standard InChI is InChI=1S/C12H18FN3/c1-10-2-3-12(15-14-10)9-16-6-4-11(8-13)5-7-16/h2-3,11H,4-9H2,1H3. The molecule has 1 aliphatic heterocycles. The Bertz CT molecular complexity index is 318. The van der Waals surface area contributed by atoms with Crippen LogP contribution in [0.25, 0.3) is 0 Å². The average Bonchev–Trinajstić information content (AvgIpc) is 2.33. The highest BCUT2D eigenvalue weighted by Gasteiger charge is 2.19. The van der Waals surface area contributed by atoms with Crippen LogP contribution in [0, 0.1) is 12.8 Å². The van der Waals surface area contributed by atoms with E-state index in [1.165, 1.54) is 0 Å². The van der Waals surface area contributed by atoms with Gasteiger partial charge >= 0.3 is 0 Å². The number of nitrogens with zero attached hydrogens (tertiary/aromatic N) is 3. The van der Waals surface area contributed by atoms with Crippen molar-refractivity contribution in [2.75, 3.05) is 19.8 Å². The highest BCUT2D eigenvalue weighted by molar-refractivity contribution is 5.05. The molecule has 1 aliphatic rings. The molecule has 0 bridgehead atoms. The molecule has 0 aliphatic carbocycles. The molecule has 1 fully saturated rings. The minimum atomic E-state index is -0.168. The minimum absolute atomic E-state index is 0.168. The molecule has 3 nitrogen and oxygen atoms in total. The third kappa shape index (κ3) is 2.98. The van der Waals surface area contributed by atoms with Gasteiger partial charge in [0.25, 0.3) is 0 Å². The van der Waals surface area contributed by atoms with E-state index < -0.39 is 0 Å². The van der Waals surface area contributed by atoms with E-state index in [2.05, 4.69) is 15.1 Å². The molecule has 1 aromatic rings. The van der Waals surface area contributed by atoms with Gasteiger partial charge in [0.2, 0.25) is 0 Å². The zero-order chi connectivity index (χ0) is 11.4. The van der Waals surface area contributed by atoms with Gasteiger partial charge in [-0.2, -0.15) is 10.2 Å². The van der Waals surface area contributed by atoms with Crippen LogP contribution in [0.2, 0.25) is 0 Å². The SMILES string of the molecule is Cc1ccc(CN2CCC(CF)CC2)nn1. The van der Waals surface area contributed by atoms with Crippen molar-refractivity contribution < 1.29 is 4.39 Å². The number of aromatic nitrogens is 2. The number of halogens is 1. The topological polar surface area (TPSA) is 29.0 Å². The van der Waals surface area contributed by atoms with Gasteiger partial charge in [-0.3, -0.25) is 9.29 Å². The van der Waals surface area contributed by atoms with E-state index in [0.717, 1.165) is 43.9 Å². The number of aryl methyl sites for hydroxylation is 1. The van der Waals surface area contributed by atoms with E-state index in [9.17, 15) is 4.39 Å². The van der Waals surface area contributed by atoms with Crippen LogP contribution in [-0.2, 0) is 6.54 Å². The maximum Gasteiger partial charge on any atom is 0.0923 e. The van der Waals surface area contributed by atoms with Gasteiger partial charge in [0.15, 0.2) is 0 Å². The van der Waals surface area contributed by atoms with E-state index in [4.69, 9.17) is 0 Å². The van der Waals surface area contributed by atoms with Crippen LogP contribution in [0.4, 0.5) is 4.39 Å². The molecule has 1 saturated heterocycles. The highest BCUT2D eigenvalue weighted by atomic mass is 19.1. The van der Waals surface area contributed by atoms with Gasteiger partial charge in [-0.1, -0.05) is 0 Å². The molecule has 0 saturated carbocycles. The molecule has 2 rings (SSSR count). The molecule has 0 unspecified atom stereocenters. The van der Waals surface area contributed by atoms with E-state index in [1.807, 2.05) is 19.1 Å². The van der Waals surface area contributed by atoms with Crippen LogP contribution < -0.4 is 0 Å². The fraction of sp³-hybridized carbons (Fsp3) is 0.667. The Morgan fingerprint density at radius 3 is 2.62 bits per heavy atom. The molecule has 1 aromatic heterocycles. The monoisotopic (exact) mass is 223 g/mol. The van der Waals surface area contributed by atoms with Gasteiger partial charge in [0.1, 0.15) is 0 Å². The van der Waals surface area contributed by atoms with Crippen LogP contribution in [-0.4, -0.2) is 34.9 Å². The molecular weight excluding hydrogens is 205 g/mol. The van der Waals surface area contributed by atoms with Crippen molar-refractivity contribution in [2.24, 2.45) is 5.92 Å². The van der Waals surface area contributed by atoms with E-state index in [1.54, 1.807) is 0 Å². The molecule has 0 N–H and O–H groups in total. The zero-order valence-corrected chi connectivity index (χ0v) is 9.69. The number of hydrogen-bond acceptors (Lipinski definition) is 3. The second-order valence-corrected chi connectivity index (χ2v) is 4.54. The van der Waals surface area contributed by atoms with Gasteiger partial charge < -0.3 is 0 Å². The van der Waals surface area contributed by atoms with Gasteiger partial charge in [0, 0.05) is 6.54 Å². The fourth-order valence-electron chi connectivity index (χ4n) is 2.04. The molecule has 88 valence electrons. The number of rotatable bonds is 3. The summed E-state index contributed by atoms with van der Waals surface area (Å²) < 4.78 is 12.4. The summed E-state index contributed by atoms with van der Waals surface area (Å²) in [6.45, 7) is 4.56. The van der Waals surface area contributed by atoms with Crippen LogP contribution >= 0.6 is 0 Å². The van der Waals surface area contributed by atoms with Crippen molar-refractivity contribution in [3.8, 4) is 0 Å². The Kier molecular flexibility index (Phi) is 3.83. The lowest BCUT2D eigenvalue weighted by molar-refractivity contribution is 0.157. The van der Waals surface area contributed by atoms with Gasteiger partial charge in [-0.15, -0.1) is 0 Å². The summed E-state index contributed by atoms with van der Waals surface area (Å²) >= 11 is 0. The normalized spacial score (nSPS) is 18.9. The average molecular weight is 223 g/mol. The largest absolute Gasteiger partial charge is 0.297 e. The number of piperidine rings is 1. The fourth-order valence-corrected chi connectivity index (χ4v) is 2.04. The molecule has 0 amide bonds. The van der Waals surface area contributed by atoms with Gasteiger partial charge in [0.05, 0.1) is 18.1 Å². The first-order chi connectivity index (χ1) is 7.78. The molecule has 0 aromatic carbocycles. The minimum Gasteiger partial charge on any atom is -0.297 e. The first-order valence-corrected chi connectivity index (χ1v) is 5.85. The summed E-state index contributed by atoms with van der Waals surface area (Å²) in [6.07, 6.45) is 1.94. The Labute approximate surface area is 95.7 Å². The maximum absolute atomic E-state index is 12.4. The summed E-state index contributed by atoms with van der Waals surface area (Å²) in [5.41, 5.74) is 1.95. The molecule has 2 heterocycles. The lowest BCUT2D eigenvalue weighted by Crippen LogP contribution is -2.34. The summed E-state index contributed by atoms with van der Waals surface area (Å²) in [5, 5.41) is 8.18. The summed E-state index contributed by atoms with van der Waals surface area (Å²) in [4.78, 5) is 2.32. The Morgan fingerprint density at radius 1 is 1.31 bits per heavy atom. The Hall–Kier alpha value is -1.03. The van der Waals surface area contributed by atoms with Crippen LogP contribution in [0.1, 0.15) is 24.2 Å². The quantitative estimate of drug-likeness (QED) is 0.784. The van der Waals surface area contributed by atoms with Gasteiger partial charge in [-0.25, -0.2) is 0 Å². The van der Waals surface area contributed by atoms with Crippen molar-refractivity contribution in [2.45, 2.75) is 26.3 Å².